The van der Waals surface area contributed by atoms with Gasteiger partial charge in [0.05, 0.1) is 27.7 Å². The first-order valence-electron chi connectivity index (χ1n) is 20.1. The van der Waals surface area contributed by atoms with Crippen molar-refractivity contribution in [3.05, 3.63) is 72.9 Å². The normalized spacial score (nSPS) is 14.5. The van der Waals surface area contributed by atoms with Crippen LogP contribution in [0.25, 0.3) is 0 Å². The minimum atomic E-state index is -4.64. The van der Waals surface area contributed by atoms with E-state index in [2.05, 4.69) is 74.6 Å². The van der Waals surface area contributed by atoms with Crippen molar-refractivity contribution in [1.82, 2.24) is 0 Å². The Kier molecular flexibility index (Phi) is 33.5. The van der Waals surface area contributed by atoms with Gasteiger partial charge in [0.25, 0.3) is 7.82 Å². The number of hydrogen-bond acceptors (Lipinski definition) is 8. The minimum absolute atomic E-state index is 0.0490. The average Bonchev–Trinajstić information content (AvgIpc) is 3.10. The molecule has 2 atom stereocenters. The molecule has 0 aliphatic heterocycles. The Balaban J connectivity index is 4.56. The molecule has 0 saturated carbocycles. The van der Waals surface area contributed by atoms with E-state index in [1.807, 2.05) is 33.3 Å². The second-order valence-electron chi connectivity index (χ2n) is 14.3. The Morgan fingerprint density at radius 1 is 0.604 bits per heavy atom. The Labute approximate surface area is 323 Å². The maximum atomic E-state index is 12.6. The zero-order valence-corrected chi connectivity index (χ0v) is 34.8. The number of ether oxygens (including phenoxy) is 2. The van der Waals surface area contributed by atoms with Crippen molar-refractivity contribution in [2.24, 2.45) is 0 Å². The lowest BCUT2D eigenvalue weighted by Crippen LogP contribution is -2.37. The molecule has 0 aromatic rings. The first-order chi connectivity index (χ1) is 25.5. The van der Waals surface area contributed by atoms with Crippen molar-refractivity contribution in [3.63, 3.8) is 0 Å². The highest BCUT2D eigenvalue weighted by Crippen LogP contribution is 2.38. The van der Waals surface area contributed by atoms with Gasteiger partial charge in [-0.05, 0) is 70.6 Å². The van der Waals surface area contributed by atoms with Gasteiger partial charge in [0, 0.05) is 12.8 Å². The van der Waals surface area contributed by atoms with E-state index in [9.17, 15) is 19.0 Å². The fourth-order valence-corrected chi connectivity index (χ4v) is 5.54. The molecular weight excluding hydrogens is 689 g/mol. The zero-order valence-electron chi connectivity index (χ0n) is 33.9. The molecular formula is C43H74NO8P. The first-order valence-corrected chi connectivity index (χ1v) is 21.6. The van der Waals surface area contributed by atoms with Gasteiger partial charge in [-0.2, -0.15) is 0 Å². The number of carbonyl (C=O) groups excluding carboxylic acids is 2. The number of phosphoric acid groups is 1. The van der Waals surface area contributed by atoms with E-state index < -0.39 is 32.5 Å². The average molecular weight is 764 g/mol. The summed E-state index contributed by atoms with van der Waals surface area (Å²) in [6.07, 6.45) is 42.3. The van der Waals surface area contributed by atoms with Crippen LogP contribution in [-0.4, -0.2) is 70.0 Å². The number of allylic oxidation sites excluding steroid dienone is 12. The van der Waals surface area contributed by atoms with Crippen molar-refractivity contribution in [2.45, 2.75) is 142 Å². The molecule has 0 aliphatic rings. The Morgan fingerprint density at radius 3 is 1.68 bits per heavy atom. The fourth-order valence-electron chi connectivity index (χ4n) is 4.81. The molecule has 0 N–H and O–H groups in total. The smallest absolute Gasteiger partial charge is 0.306 e. The molecule has 0 aromatic carbocycles. The van der Waals surface area contributed by atoms with Gasteiger partial charge in [-0.1, -0.05) is 125 Å². The molecule has 0 rings (SSSR count). The standard InChI is InChI=1S/C43H74NO8P/c1-6-8-10-12-14-16-18-20-21-22-24-25-27-29-31-33-35-42(45)49-39-41(40-51-53(47,48)50-38-37-44(3,4)5)52-43(46)36-34-32-30-28-26-23-19-17-15-13-11-9-7-2/h8,10,14,16,20-21,23-26,30,32,41H,6-7,9,11-13,15,17-19,22,27-29,31,33-40H2,1-5H3/b10-8+,16-14+,21-20+,25-24+,26-23+,32-30+. The van der Waals surface area contributed by atoms with Gasteiger partial charge in [0.15, 0.2) is 6.10 Å². The molecule has 0 saturated heterocycles. The maximum Gasteiger partial charge on any atom is 0.306 e. The lowest BCUT2D eigenvalue weighted by Gasteiger charge is -2.28. The third kappa shape index (κ3) is 39.0. The lowest BCUT2D eigenvalue weighted by atomic mass is 10.1. The summed E-state index contributed by atoms with van der Waals surface area (Å²) in [7, 11) is 1.10. The van der Waals surface area contributed by atoms with Crippen LogP contribution in [0.2, 0.25) is 0 Å². The van der Waals surface area contributed by atoms with Crippen molar-refractivity contribution in [2.75, 3.05) is 47.5 Å². The van der Waals surface area contributed by atoms with Gasteiger partial charge in [-0.15, -0.1) is 0 Å². The number of quaternary nitrogens is 1. The zero-order chi connectivity index (χ0) is 39.3. The molecule has 2 unspecified atom stereocenters. The highest BCUT2D eigenvalue weighted by atomic mass is 31.2. The van der Waals surface area contributed by atoms with Gasteiger partial charge in [-0.3, -0.25) is 14.2 Å². The van der Waals surface area contributed by atoms with Crippen LogP contribution in [0.4, 0.5) is 0 Å². The maximum absolute atomic E-state index is 12.6. The van der Waals surface area contributed by atoms with Gasteiger partial charge in [0.2, 0.25) is 0 Å². The minimum Gasteiger partial charge on any atom is -0.756 e. The monoisotopic (exact) mass is 764 g/mol. The number of phosphoric ester groups is 1. The first kappa shape index (κ1) is 50.5. The molecule has 53 heavy (non-hydrogen) atoms. The molecule has 0 aromatic heterocycles. The number of hydrogen-bond donors (Lipinski definition) is 0. The molecule has 0 amide bonds. The summed E-state index contributed by atoms with van der Waals surface area (Å²) in [5.74, 6) is -0.959. The predicted octanol–water partition coefficient (Wildman–Crippen LogP) is 10.4. The van der Waals surface area contributed by atoms with Gasteiger partial charge in [-0.25, -0.2) is 0 Å². The summed E-state index contributed by atoms with van der Waals surface area (Å²) in [6.45, 7) is 3.97. The lowest BCUT2D eigenvalue weighted by molar-refractivity contribution is -0.870. The Morgan fingerprint density at radius 2 is 1.11 bits per heavy atom. The third-order valence-electron chi connectivity index (χ3n) is 7.97. The van der Waals surface area contributed by atoms with Gasteiger partial charge in [0.1, 0.15) is 19.8 Å². The van der Waals surface area contributed by atoms with E-state index in [1.165, 1.54) is 38.5 Å². The summed E-state index contributed by atoms with van der Waals surface area (Å²) < 4.78 is 33.7. The van der Waals surface area contributed by atoms with E-state index >= 15 is 0 Å². The number of carbonyl (C=O) groups is 2. The van der Waals surface area contributed by atoms with Crippen LogP contribution >= 0.6 is 7.82 Å². The highest BCUT2D eigenvalue weighted by Gasteiger charge is 2.21. The van der Waals surface area contributed by atoms with Crippen molar-refractivity contribution >= 4 is 19.8 Å². The number of nitrogens with zero attached hydrogens (tertiary/aromatic N) is 1. The molecule has 0 aliphatic carbocycles. The summed E-state index contributed by atoms with van der Waals surface area (Å²) >= 11 is 0. The molecule has 0 heterocycles. The number of unbranched alkanes of at least 4 members (excludes halogenated alkanes) is 9. The van der Waals surface area contributed by atoms with Crippen molar-refractivity contribution in [1.29, 1.82) is 0 Å². The second-order valence-corrected chi connectivity index (χ2v) is 15.7. The third-order valence-corrected chi connectivity index (χ3v) is 8.94. The second kappa shape index (κ2) is 35.2. The van der Waals surface area contributed by atoms with Crippen molar-refractivity contribution < 1.29 is 42.1 Å². The summed E-state index contributed by atoms with van der Waals surface area (Å²) in [5, 5.41) is 0. The fraction of sp³-hybridized carbons (Fsp3) is 0.674. The molecule has 9 nitrogen and oxygen atoms in total. The number of esters is 2. The van der Waals surface area contributed by atoms with Crippen LogP contribution in [-0.2, 0) is 32.7 Å². The molecule has 0 radical (unpaired) electrons. The molecule has 0 spiro atoms. The number of rotatable bonds is 35. The topological polar surface area (TPSA) is 111 Å². The predicted molar refractivity (Wildman–Crippen MR) is 217 cm³/mol. The summed E-state index contributed by atoms with van der Waals surface area (Å²) in [4.78, 5) is 37.4. The van der Waals surface area contributed by atoms with Gasteiger partial charge < -0.3 is 27.9 Å². The SMILES string of the molecule is CC/C=C/C/C=C/C/C=C/C/C=C/CCCCCC(=O)OCC(COP(=O)([O-])OCC[N+](C)(C)C)OC(=O)CC/C=C/C/C=C/CCCCCCCC. The quantitative estimate of drug-likeness (QED) is 0.0206. The highest BCUT2D eigenvalue weighted by molar-refractivity contribution is 7.45. The molecule has 10 heteroatoms. The van der Waals surface area contributed by atoms with E-state index in [-0.39, 0.29) is 26.1 Å². The molecule has 0 bridgehead atoms. The Hall–Kier alpha value is -2.55. The van der Waals surface area contributed by atoms with Crippen molar-refractivity contribution in [3.8, 4) is 0 Å². The number of likely N-dealkylation sites (N-methyl/N-ethyl adjacent to an activating group) is 1. The van der Waals surface area contributed by atoms with Crippen LogP contribution in [0.1, 0.15) is 136 Å². The summed E-state index contributed by atoms with van der Waals surface area (Å²) in [6, 6.07) is 0. The van der Waals surface area contributed by atoms with E-state index in [0.717, 1.165) is 57.8 Å². The van der Waals surface area contributed by atoms with Crippen LogP contribution in [0.15, 0.2) is 72.9 Å². The van der Waals surface area contributed by atoms with Crippen LogP contribution in [0.5, 0.6) is 0 Å². The van der Waals surface area contributed by atoms with Gasteiger partial charge >= 0.3 is 11.9 Å². The summed E-state index contributed by atoms with van der Waals surface area (Å²) in [5.41, 5.74) is 0. The van der Waals surface area contributed by atoms with Crippen LogP contribution in [0.3, 0.4) is 0 Å². The van der Waals surface area contributed by atoms with E-state index in [4.69, 9.17) is 18.5 Å². The molecule has 304 valence electrons. The van der Waals surface area contributed by atoms with E-state index in [0.29, 0.717) is 23.9 Å². The largest absolute Gasteiger partial charge is 0.756 e. The van der Waals surface area contributed by atoms with E-state index in [1.54, 1.807) is 0 Å². The van der Waals surface area contributed by atoms with Crippen LogP contribution in [0, 0.1) is 0 Å². The Bertz CT molecular complexity index is 1140. The molecule has 0 fully saturated rings. The van der Waals surface area contributed by atoms with Crippen LogP contribution < -0.4 is 4.89 Å².